The number of ketones is 1. The first-order valence-electron chi connectivity index (χ1n) is 6.99. The number of carbonyl (C=O) groups excluding carboxylic acids is 1. The van der Waals surface area contributed by atoms with E-state index in [9.17, 15) is 4.79 Å². The first-order chi connectivity index (χ1) is 9.74. The number of benzene rings is 1. The lowest BCUT2D eigenvalue weighted by molar-refractivity contribution is 0.0988. The maximum absolute atomic E-state index is 11.5. The van der Waals surface area contributed by atoms with Crippen LogP contribution in [0.1, 0.15) is 42.7 Å². The molecule has 4 nitrogen and oxygen atoms in total. The van der Waals surface area contributed by atoms with Crippen LogP contribution >= 0.6 is 0 Å². The molecule has 106 valence electrons. The summed E-state index contributed by atoms with van der Waals surface area (Å²) in [5, 5.41) is 0. The van der Waals surface area contributed by atoms with Gasteiger partial charge in [-0.05, 0) is 30.7 Å². The van der Waals surface area contributed by atoms with Crippen LogP contribution in [0.4, 0.5) is 0 Å². The lowest BCUT2D eigenvalue weighted by Crippen LogP contribution is -2.05. The Labute approximate surface area is 119 Å². The van der Waals surface area contributed by atoms with Crippen molar-refractivity contribution in [2.24, 2.45) is 0 Å². The molecule has 0 aliphatic heterocycles. The van der Waals surface area contributed by atoms with Crippen LogP contribution in [-0.2, 0) is 13.2 Å². The normalized spacial score (nSPS) is 10.5. The number of nitrogens with zero attached hydrogens (tertiary/aromatic N) is 2. The van der Waals surface area contributed by atoms with Crippen molar-refractivity contribution in [2.75, 3.05) is 0 Å². The fourth-order valence-corrected chi connectivity index (χ4v) is 2.01. The predicted molar refractivity (Wildman–Crippen MR) is 77.9 cm³/mol. The molecule has 0 unspecified atom stereocenters. The van der Waals surface area contributed by atoms with E-state index < -0.39 is 0 Å². The van der Waals surface area contributed by atoms with Gasteiger partial charge in [0.2, 0.25) is 0 Å². The van der Waals surface area contributed by atoms with Crippen LogP contribution in [0, 0.1) is 0 Å². The highest BCUT2D eigenvalue weighted by Crippen LogP contribution is 2.15. The number of Topliss-reactive ketones (excluding diaryl/α,β-unsaturated/α-hetero) is 1. The topological polar surface area (TPSA) is 44.1 Å². The highest BCUT2D eigenvalue weighted by atomic mass is 16.5. The average Bonchev–Trinajstić information content (AvgIpc) is 2.92. The molecular formula is C16H20N2O2. The van der Waals surface area contributed by atoms with Gasteiger partial charge in [0.15, 0.2) is 5.78 Å². The van der Waals surface area contributed by atoms with Crippen LogP contribution in [0.2, 0.25) is 0 Å². The van der Waals surface area contributed by atoms with Crippen molar-refractivity contribution < 1.29 is 9.53 Å². The van der Waals surface area contributed by atoms with Crippen LogP contribution < -0.4 is 4.74 Å². The molecule has 0 bridgehead atoms. The van der Waals surface area contributed by atoms with Crippen molar-refractivity contribution in [1.29, 1.82) is 0 Å². The number of hydrogen-bond donors (Lipinski definition) is 0. The minimum atomic E-state index is 0.151. The zero-order valence-electron chi connectivity index (χ0n) is 12.0. The molecule has 4 heteroatoms. The van der Waals surface area contributed by atoms with E-state index in [-0.39, 0.29) is 5.78 Å². The number of ether oxygens (including phenoxy) is 1. The van der Waals surface area contributed by atoms with Gasteiger partial charge in [0, 0.05) is 18.5 Å². The Kier molecular flexibility index (Phi) is 4.93. The van der Waals surface area contributed by atoms with Crippen molar-refractivity contribution in [3.8, 4) is 5.75 Å². The molecule has 2 aromatic rings. The number of carbonyl (C=O) groups is 1. The Morgan fingerprint density at radius 2 is 2.00 bits per heavy atom. The average molecular weight is 272 g/mol. The molecule has 0 atom stereocenters. The number of hydrogen-bond acceptors (Lipinski definition) is 3. The zero-order chi connectivity index (χ0) is 14.4. The molecule has 2 rings (SSSR count). The lowest BCUT2D eigenvalue weighted by atomic mass is 10.1. The maximum Gasteiger partial charge on any atom is 0.162 e. The molecule has 20 heavy (non-hydrogen) atoms. The second-order valence-corrected chi connectivity index (χ2v) is 4.67. The van der Waals surface area contributed by atoms with Gasteiger partial charge < -0.3 is 9.30 Å². The van der Waals surface area contributed by atoms with Crippen molar-refractivity contribution in [3.63, 3.8) is 0 Å². The first-order valence-corrected chi connectivity index (χ1v) is 6.99. The molecule has 0 spiro atoms. The van der Waals surface area contributed by atoms with Gasteiger partial charge in [0.05, 0.1) is 18.2 Å². The van der Waals surface area contributed by atoms with E-state index in [1.807, 2.05) is 43.7 Å². The molecule has 1 aromatic heterocycles. The first kappa shape index (κ1) is 14.3. The summed E-state index contributed by atoms with van der Waals surface area (Å²) in [6, 6.07) is 7.29. The summed E-state index contributed by atoms with van der Waals surface area (Å²) in [7, 11) is 0. The minimum Gasteiger partial charge on any atom is -0.487 e. The van der Waals surface area contributed by atoms with Crippen LogP contribution in [0.25, 0.3) is 0 Å². The zero-order valence-corrected chi connectivity index (χ0v) is 12.0. The quantitative estimate of drug-likeness (QED) is 0.725. The molecule has 0 radical (unpaired) electrons. The summed E-state index contributed by atoms with van der Waals surface area (Å²) in [6.45, 7) is 5.43. The molecular weight excluding hydrogens is 252 g/mol. The van der Waals surface area contributed by atoms with Gasteiger partial charge in [-0.1, -0.05) is 13.8 Å². The van der Waals surface area contributed by atoms with E-state index in [1.54, 1.807) is 0 Å². The van der Waals surface area contributed by atoms with Gasteiger partial charge in [-0.25, -0.2) is 4.98 Å². The molecule has 0 amide bonds. The molecule has 1 heterocycles. The summed E-state index contributed by atoms with van der Waals surface area (Å²) in [5.41, 5.74) is 1.79. The second kappa shape index (κ2) is 6.89. The van der Waals surface area contributed by atoms with E-state index in [0.717, 1.165) is 30.0 Å². The predicted octanol–water partition coefficient (Wildman–Crippen LogP) is 3.46. The van der Waals surface area contributed by atoms with E-state index in [2.05, 4.69) is 16.5 Å². The number of rotatable bonds is 7. The Hall–Kier alpha value is -2.10. The summed E-state index contributed by atoms with van der Waals surface area (Å²) >= 11 is 0. The van der Waals surface area contributed by atoms with Crippen molar-refractivity contribution in [2.45, 2.75) is 39.8 Å². The van der Waals surface area contributed by atoms with Gasteiger partial charge in [-0.2, -0.15) is 0 Å². The number of aromatic nitrogens is 2. The highest BCUT2D eigenvalue weighted by Gasteiger charge is 2.05. The third-order valence-electron chi connectivity index (χ3n) is 3.15. The number of imidazole rings is 1. The van der Waals surface area contributed by atoms with Gasteiger partial charge in [0.25, 0.3) is 0 Å². The van der Waals surface area contributed by atoms with Crippen molar-refractivity contribution in [1.82, 2.24) is 9.55 Å². The summed E-state index contributed by atoms with van der Waals surface area (Å²) < 4.78 is 7.83. The molecule has 0 fully saturated rings. The third-order valence-corrected chi connectivity index (χ3v) is 3.15. The molecule has 0 saturated heterocycles. The fourth-order valence-electron chi connectivity index (χ4n) is 2.01. The Morgan fingerprint density at radius 3 is 2.65 bits per heavy atom. The van der Waals surface area contributed by atoms with Gasteiger partial charge >= 0.3 is 0 Å². The SMILES string of the molecule is CCCn1cncc1COc1ccc(C(=O)CC)cc1. The molecule has 0 N–H and O–H groups in total. The molecule has 1 aromatic carbocycles. The fraction of sp³-hybridized carbons (Fsp3) is 0.375. The highest BCUT2D eigenvalue weighted by molar-refractivity contribution is 5.95. The minimum absolute atomic E-state index is 0.151. The number of aryl methyl sites for hydroxylation is 1. The van der Waals surface area contributed by atoms with E-state index >= 15 is 0 Å². The molecule has 0 aliphatic rings. The summed E-state index contributed by atoms with van der Waals surface area (Å²) in [5.74, 6) is 0.916. The third kappa shape index (κ3) is 3.47. The summed E-state index contributed by atoms with van der Waals surface area (Å²) in [6.07, 6.45) is 5.24. The monoisotopic (exact) mass is 272 g/mol. The van der Waals surface area contributed by atoms with E-state index in [4.69, 9.17) is 4.74 Å². The lowest BCUT2D eigenvalue weighted by Gasteiger charge is -2.09. The largest absolute Gasteiger partial charge is 0.487 e. The Balaban J connectivity index is 1.97. The van der Waals surface area contributed by atoms with Crippen LogP contribution in [-0.4, -0.2) is 15.3 Å². The smallest absolute Gasteiger partial charge is 0.162 e. The molecule has 0 saturated carbocycles. The van der Waals surface area contributed by atoms with Crippen molar-refractivity contribution in [3.05, 3.63) is 48.0 Å². The summed E-state index contributed by atoms with van der Waals surface area (Å²) in [4.78, 5) is 15.7. The van der Waals surface area contributed by atoms with E-state index in [1.165, 1.54) is 0 Å². The van der Waals surface area contributed by atoms with Crippen LogP contribution in [0.15, 0.2) is 36.8 Å². The maximum atomic E-state index is 11.5. The Bertz CT molecular complexity index is 558. The standard InChI is InChI=1S/C16H20N2O2/c1-3-9-18-12-17-10-14(18)11-20-15-7-5-13(6-8-15)16(19)4-2/h5-8,10,12H,3-4,9,11H2,1-2H3. The van der Waals surface area contributed by atoms with Crippen LogP contribution in [0.3, 0.4) is 0 Å². The molecule has 0 aliphatic carbocycles. The van der Waals surface area contributed by atoms with Gasteiger partial charge in [-0.3, -0.25) is 4.79 Å². The second-order valence-electron chi connectivity index (χ2n) is 4.67. The van der Waals surface area contributed by atoms with Crippen molar-refractivity contribution >= 4 is 5.78 Å². The van der Waals surface area contributed by atoms with Crippen LogP contribution in [0.5, 0.6) is 5.75 Å². The van der Waals surface area contributed by atoms with Gasteiger partial charge in [0.1, 0.15) is 12.4 Å². The Morgan fingerprint density at radius 1 is 1.25 bits per heavy atom. The van der Waals surface area contributed by atoms with Gasteiger partial charge in [-0.15, -0.1) is 0 Å². The van der Waals surface area contributed by atoms with E-state index in [0.29, 0.717) is 13.0 Å².